The summed E-state index contributed by atoms with van der Waals surface area (Å²) in [4.78, 5) is 40.9. The van der Waals surface area contributed by atoms with Crippen LogP contribution in [-0.4, -0.2) is 39.8 Å². The minimum atomic E-state index is -0.802. The molecular formula is C17H20N4O5. The number of ether oxygens (including phenoxy) is 2. The van der Waals surface area contributed by atoms with Gasteiger partial charge in [0, 0.05) is 25.4 Å². The predicted molar refractivity (Wildman–Crippen MR) is 92.1 cm³/mol. The number of rotatable bonds is 4. The van der Waals surface area contributed by atoms with E-state index in [4.69, 9.17) is 10.5 Å². The first-order valence-corrected chi connectivity index (χ1v) is 8.14. The van der Waals surface area contributed by atoms with Crippen LogP contribution in [0.2, 0.25) is 0 Å². The molecule has 9 heteroatoms. The number of aromatic nitrogens is 3. The number of methoxy groups -OCH3 is 1. The summed E-state index contributed by atoms with van der Waals surface area (Å²) in [6, 6.07) is 2.43. The monoisotopic (exact) mass is 360 g/mol. The molecule has 0 saturated carbocycles. The smallest absolute Gasteiger partial charge is 0.336 e. The van der Waals surface area contributed by atoms with Crippen molar-refractivity contribution in [2.45, 2.75) is 25.5 Å². The van der Waals surface area contributed by atoms with Crippen LogP contribution in [0.15, 0.2) is 27.9 Å². The molecule has 1 atom stereocenters. The third-order valence-electron chi connectivity index (χ3n) is 4.42. The van der Waals surface area contributed by atoms with E-state index in [9.17, 15) is 14.4 Å². The van der Waals surface area contributed by atoms with Crippen molar-refractivity contribution in [3.05, 3.63) is 56.0 Å². The fraction of sp³-hybridized carbons (Fsp3) is 0.412. The third-order valence-corrected chi connectivity index (χ3v) is 4.42. The molecule has 0 aliphatic carbocycles. The van der Waals surface area contributed by atoms with E-state index in [0.29, 0.717) is 29.8 Å². The maximum atomic E-state index is 12.7. The van der Waals surface area contributed by atoms with Crippen molar-refractivity contribution in [2.75, 3.05) is 13.7 Å². The first kappa shape index (κ1) is 18.0. The Morgan fingerprint density at radius 2 is 2.19 bits per heavy atom. The van der Waals surface area contributed by atoms with Gasteiger partial charge in [-0.3, -0.25) is 14.2 Å². The van der Waals surface area contributed by atoms with Gasteiger partial charge in [0.25, 0.3) is 5.56 Å². The maximum Gasteiger partial charge on any atom is 0.336 e. The van der Waals surface area contributed by atoms with Gasteiger partial charge in [-0.25, -0.2) is 14.3 Å². The Morgan fingerprint density at radius 1 is 1.42 bits per heavy atom. The van der Waals surface area contributed by atoms with Crippen molar-refractivity contribution in [2.24, 2.45) is 12.8 Å². The molecule has 0 fully saturated rings. The Morgan fingerprint density at radius 3 is 2.85 bits per heavy atom. The van der Waals surface area contributed by atoms with E-state index < -0.39 is 23.3 Å². The number of esters is 1. The van der Waals surface area contributed by atoms with Gasteiger partial charge in [-0.05, 0) is 18.1 Å². The van der Waals surface area contributed by atoms with Crippen LogP contribution in [0.3, 0.4) is 0 Å². The number of nitrogens with two attached hydrogens (primary N) is 1. The van der Waals surface area contributed by atoms with Crippen molar-refractivity contribution in [1.82, 2.24) is 14.1 Å². The lowest BCUT2D eigenvalue weighted by atomic mass is 10.1. The van der Waals surface area contributed by atoms with Crippen LogP contribution in [0.4, 0.5) is 0 Å². The molecule has 3 heterocycles. The van der Waals surface area contributed by atoms with Crippen molar-refractivity contribution < 1.29 is 14.3 Å². The summed E-state index contributed by atoms with van der Waals surface area (Å²) < 4.78 is 12.4. The number of nitrogens with zero attached hydrogens (tertiary/aromatic N) is 3. The topological polar surface area (TPSA) is 118 Å². The minimum absolute atomic E-state index is 0.175. The van der Waals surface area contributed by atoms with E-state index in [1.54, 1.807) is 19.2 Å². The molecule has 0 bridgehead atoms. The van der Waals surface area contributed by atoms with E-state index in [1.807, 2.05) is 0 Å². The van der Waals surface area contributed by atoms with Gasteiger partial charge in [-0.1, -0.05) is 6.07 Å². The highest BCUT2D eigenvalue weighted by Gasteiger charge is 2.22. The van der Waals surface area contributed by atoms with E-state index in [2.05, 4.69) is 9.72 Å². The molecule has 0 amide bonds. The molecule has 2 aromatic heterocycles. The minimum Gasteiger partial charge on any atom is -0.468 e. The number of hydrogen-bond donors (Lipinski definition) is 1. The van der Waals surface area contributed by atoms with Gasteiger partial charge >= 0.3 is 11.7 Å². The molecule has 1 aliphatic rings. The van der Waals surface area contributed by atoms with Gasteiger partial charge in [-0.15, -0.1) is 0 Å². The van der Waals surface area contributed by atoms with Crippen LogP contribution < -0.4 is 17.0 Å². The summed E-state index contributed by atoms with van der Waals surface area (Å²) in [5, 5.41) is 0. The third kappa shape index (κ3) is 3.18. The molecule has 2 N–H and O–H groups in total. The fourth-order valence-corrected chi connectivity index (χ4v) is 2.98. The molecule has 2 aromatic rings. The lowest BCUT2D eigenvalue weighted by molar-refractivity contribution is -0.142. The summed E-state index contributed by atoms with van der Waals surface area (Å²) in [7, 11) is 2.90. The van der Waals surface area contributed by atoms with Crippen molar-refractivity contribution in [3.63, 3.8) is 0 Å². The van der Waals surface area contributed by atoms with Gasteiger partial charge in [0.2, 0.25) is 0 Å². The van der Waals surface area contributed by atoms with Crippen LogP contribution in [0.25, 0.3) is 5.82 Å². The zero-order valence-electron chi connectivity index (χ0n) is 14.6. The van der Waals surface area contributed by atoms with Gasteiger partial charge in [-0.2, -0.15) is 0 Å². The fourth-order valence-electron chi connectivity index (χ4n) is 2.98. The number of carbonyl (C=O) groups excluding carboxylic acids is 1. The van der Waals surface area contributed by atoms with E-state index in [0.717, 1.165) is 4.57 Å². The van der Waals surface area contributed by atoms with Gasteiger partial charge in [0.05, 0.1) is 25.9 Å². The zero-order valence-corrected chi connectivity index (χ0v) is 14.6. The van der Waals surface area contributed by atoms with Gasteiger partial charge in [0.1, 0.15) is 11.9 Å². The average Bonchev–Trinajstić information content (AvgIpc) is 2.67. The summed E-state index contributed by atoms with van der Waals surface area (Å²) >= 11 is 0. The van der Waals surface area contributed by atoms with Crippen LogP contribution in [0.1, 0.15) is 16.8 Å². The van der Waals surface area contributed by atoms with Crippen LogP contribution in [0, 0.1) is 0 Å². The normalized spacial score (nSPS) is 14.6. The van der Waals surface area contributed by atoms with Gasteiger partial charge in [0.15, 0.2) is 0 Å². The molecule has 9 nitrogen and oxygen atoms in total. The van der Waals surface area contributed by atoms with Crippen molar-refractivity contribution >= 4 is 5.97 Å². The molecule has 0 spiro atoms. The van der Waals surface area contributed by atoms with E-state index in [-0.39, 0.29) is 18.8 Å². The Hall–Kier alpha value is -2.78. The van der Waals surface area contributed by atoms with Crippen LogP contribution in [0.5, 0.6) is 0 Å². The quantitative estimate of drug-likeness (QED) is 0.698. The molecule has 0 radical (unpaired) electrons. The molecule has 26 heavy (non-hydrogen) atoms. The summed E-state index contributed by atoms with van der Waals surface area (Å²) in [6.07, 6.45) is 2.25. The second-order valence-corrected chi connectivity index (χ2v) is 6.07. The largest absolute Gasteiger partial charge is 0.468 e. The lowest BCUT2D eigenvalue weighted by Crippen LogP contribution is -2.43. The molecular weight excluding hydrogens is 340 g/mol. The Kier molecular flexibility index (Phi) is 5.01. The predicted octanol–water partition coefficient (Wildman–Crippen LogP) is -0.953. The van der Waals surface area contributed by atoms with Gasteiger partial charge < -0.3 is 15.2 Å². The first-order chi connectivity index (χ1) is 12.4. The van der Waals surface area contributed by atoms with Crippen molar-refractivity contribution in [3.8, 4) is 5.82 Å². The van der Waals surface area contributed by atoms with E-state index in [1.165, 1.54) is 17.9 Å². The molecule has 1 aliphatic heterocycles. The first-order valence-electron chi connectivity index (χ1n) is 8.14. The Bertz CT molecular complexity index is 945. The molecule has 0 saturated heterocycles. The number of hydrogen-bond acceptors (Lipinski definition) is 7. The Labute approximate surface area is 149 Å². The number of fused-ring (bicyclic) bond motifs is 1. The lowest BCUT2D eigenvalue weighted by Gasteiger charge is -2.20. The van der Waals surface area contributed by atoms with Crippen LogP contribution in [-0.2, 0) is 40.8 Å². The number of pyridine rings is 1. The highest BCUT2D eigenvalue weighted by Crippen LogP contribution is 2.12. The highest BCUT2D eigenvalue weighted by molar-refractivity contribution is 5.75. The molecule has 1 unspecified atom stereocenters. The molecule has 3 rings (SSSR count). The number of carbonyl (C=O) groups is 1. The zero-order chi connectivity index (χ0) is 18.8. The summed E-state index contributed by atoms with van der Waals surface area (Å²) in [5.74, 6) is -0.312. The van der Waals surface area contributed by atoms with E-state index >= 15 is 0 Å². The summed E-state index contributed by atoms with van der Waals surface area (Å²) in [6.45, 7) is 0.658. The molecule has 0 aromatic carbocycles. The summed E-state index contributed by atoms with van der Waals surface area (Å²) in [5.41, 5.74) is 6.71. The average molecular weight is 360 g/mol. The second kappa shape index (κ2) is 7.22. The second-order valence-electron chi connectivity index (χ2n) is 6.07. The maximum absolute atomic E-state index is 12.7. The SMILES string of the molecule is COC(=O)C(N)Cc1ccc(-n2c(=O)c3c(n(C)c2=O)CCOC3)nc1. The standard InChI is InChI=1S/C17H20N4O5/c1-20-13-5-6-26-9-11(13)15(22)21(17(20)24)14-4-3-10(8-19-14)7-12(18)16(23)25-2/h3-4,8,12H,5-7,9,18H2,1-2H3. The highest BCUT2D eigenvalue weighted by atomic mass is 16.5. The Balaban J connectivity index is 1.98. The van der Waals surface area contributed by atoms with Crippen LogP contribution >= 0.6 is 0 Å². The van der Waals surface area contributed by atoms with Crippen molar-refractivity contribution in [1.29, 1.82) is 0 Å². The molecule has 138 valence electrons.